The summed E-state index contributed by atoms with van der Waals surface area (Å²) in [5.74, 6) is -1.34. The Morgan fingerprint density at radius 2 is 1.71 bits per heavy atom. The SMILES string of the molecule is CCN(CCNC(=S)Nc1c(F)cccc1F)c1ccc(C)cc1. The van der Waals surface area contributed by atoms with E-state index in [0.29, 0.717) is 6.54 Å². The molecule has 3 nitrogen and oxygen atoms in total. The molecule has 0 atom stereocenters. The van der Waals surface area contributed by atoms with E-state index in [1.807, 2.05) is 6.92 Å². The van der Waals surface area contributed by atoms with Gasteiger partial charge in [-0.1, -0.05) is 23.8 Å². The van der Waals surface area contributed by atoms with E-state index in [4.69, 9.17) is 12.2 Å². The van der Waals surface area contributed by atoms with Crippen LogP contribution in [0.15, 0.2) is 42.5 Å². The van der Waals surface area contributed by atoms with Crippen LogP contribution in [0.25, 0.3) is 0 Å². The van der Waals surface area contributed by atoms with Crippen LogP contribution in [0.3, 0.4) is 0 Å². The number of thiocarbonyl (C=S) groups is 1. The van der Waals surface area contributed by atoms with Gasteiger partial charge in [-0.25, -0.2) is 8.78 Å². The maximum absolute atomic E-state index is 13.6. The van der Waals surface area contributed by atoms with Gasteiger partial charge < -0.3 is 15.5 Å². The van der Waals surface area contributed by atoms with E-state index in [0.717, 1.165) is 18.8 Å². The topological polar surface area (TPSA) is 27.3 Å². The summed E-state index contributed by atoms with van der Waals surface area (Å²) in [5.41, 5.74) is 2.11. The Hall–Kier alpha value is -2.21. The van der Waals surface area contributed by atoms with Crippen LogP contribution in [0.4, 0.5) is 20.2 Å². The third-order valence-corrected chi connectivity index (χ3v) is 3.90. The van der Waals surface area contributed by atoms with Gasteiger partial charge in [0.1, 0.15) is 17.3 Å². The minimum atomic E-state index is -0.672. The second-order valence-electron chi connectivity index (χ2n) is 5.39. The van der Waals surface area contributed by atoms with Gasteiger partial charge in [0, 0.05) is 25.3 Å². The first-order chi connectivity index (χ1) is 11.5. The molecule has 2 aromatic rings. The number of nitrogens with one attached hydrogen (secondary N) is 2. The lowest BCUT2D eigenvalue weighted by molar-refractivity contribution is 0.591. The van der Waals surface area contributed by atoms with Crippen molar-refractivity contribution in [2.24, 2.45) is 0 Å². The van der Waals surface area contributed by atoms with Gasteiger partial charge in [-0.3, -0.25) is 0 Å². The minimum Gasteiger partial charge on any atom is -0.370 e. The van der Waals surface area contributed by atoms with Crippen LogP contribution < -0.4 is 15.5 Å². The molecule has 0 fully saturated rings. The molecule has 0 heterocycles. The average Bonchev–Trinajstić information content (AvgIpc) is 2.56. The van der Waals surface area contributed by atoms with Gasteiger partial charge in [-0.05, 0) is 50.3 Å². The predicted molar refractivity (Wildman–Crippen MR) is 99.6 cm³/mol. The Bertz CT molecular complexity index is 669. The molecule has 0 saturated heterocycles. The number of hydrogen-bond acceptors (Lipinski definition) is 2. The molecule has 0 aliphatic rings. The van der Waals surface area contributed by atoms with Crippen molar-refractivity contribution in [2.75, 3.05) is 29.9 Å². The maximum Gasteiger partial charge on any atom is 0.170 e. The largest absolute Gasteiger partial charge is 0.370 e. The number of halogens is 2. The molecule has 2 aromatic carbocycles. The van der Waals surface area contributed by atoms with E-state index in [-0.39, 0.29) is 10.8 Å². The Balaban J connectivity index is 1.86. The van der Waals surface area contributed by atoms with Crippen LogP contribution in [0.1, 0.15) is 12.5 Å². The van der Waals surface area contributed by atoms with Crippen molar-refractivity contribution in [1.29, 1.82) is 0 Å². The number of rotatable bonds is 6. The molecule has 2 rings (SSSR count). The molecule has 0 spiro atoms. The van der Waals surface area contributed by atoms with Gasteiger partial charge >= 0.3 is 0 Å². The van der Waals surface area contributed by atoms with Crippen molar-refractivity contribution >= 4 is 28.7 Å². The molecule has 0 amide bonds. The highest BCUT2D eigenvalue weighted by Crippen LogP contribution is 2.17. The van der Waals surface area contributed by atoms with Gasteiger partial charge in [-0.2, -0.15) is 0 Å². The molecular formula is C18H21F2N3S. The highest BCUT2D eigenvalue weighted by molar-refractivity contribution is 7.80. The van der Waals surface area contributed by atoms with Crippen molar-refractivity contribution in [1.82, 2.24) is 5.32 Å². The Kier molecular flexibility index (Phi) is 6.49. The molecule has 0 radical (unpaired) electrons. The van der Waals surface area contributed by atoms with E-state index in [2.05, 4.69) is 46.7 Å². The van der Waals surface area contributed by atoms with Gasteiger partial charge in [0.2, 0.25) is 0 Å². The second-order valence-corrected chi connectivity index (χ2v) is 5.80. The van der Waals surface area contributed by atoms with Crippen molar-refractivity contribution < 1.29 is 8.78 Å². The standard InChI is InChI=1S/C18H21F2N3S/c1-3-23(14-9-7-13(2)8-10-14)12-11-21-18(24)22-17-15(19)5-4-6-16(17)20/h4-10H,3,11-12H2,1-2H3,(H2,21,22,24). The van der Waals surface area contributed by atoms with E-state index < -0.39 is 11.6 Å². The van der Waals surface area contributed by atoms with Crippen LogP contribution in [0.5, 0.6) is 0 Å². The smallest absolute Gasteiger partial charge is 0.170 e. The lowest BCUT2D eigenvalue weighted by Gasteiger charge is -2.24. The summed E-state index contributed by atoms with van der Waals surface area (Å²) in [5, 5.41) is 5.74. The van der Waals surface area contributed by atoms with Gasteiger partial charge in [0.15, 0.2) is 5.11 Å². The number of para-hydroxylation sites is 1. The van der Waals surface area contributed by atoms with Crippen LogP contribution in [0, 0.1) is 18.6 Å². The summed E-state index contributed by atoms with van der Waals surface area (Å²) in [6, 6.07) is 12.0. The number of anilines is 2. The van der Waals surface area contributed by atoms with E-state index >= 15 is 0 Å². The van der Waals surface area contributed by atoms with E-state index in [1.165, 1.54) is 23.8 Å². The summed E-state index contributed by atoms with van der Waals surface area (Å²) >= 11 is 5.10. The molecule has 0 aliphatic carbocycles. The second kappa shape index (κ2) is 8.59. The number of benzene rings is 2. The summed E-state index contributed by atoms with van der Waals surface area (Å²) in [6.45, 7) is 6.26. The quantitative estimate of drug-likeness (QED) is 0.768. The highest BCUT2D eigenvalue weighted by atomic mass is 32.1. The Morgan fingerprint density at radius 3 is 2.29 bits per heavy atom. The zero-order valence-corrected chi connectivity index (χ0v) is 14.6. The van der Waals surface area contributed by atoms with E-state index in [9.17, 15) is 8.78 Å². The first-order valence-electron chi connectivity index (χ1n) is 7.81. The number of hydrogen-bond donors (Lipinski definition) is 2. The first kappa shape index (κ1) is 18.1. The third-order valence-electron chi connectivity index (χ3n) is 3.65. The fourth-order valence-electron chi connectivity index (χ4n) is 2.30. The van der Waals surface area contributed by atoms with Crippen molar-refractivity contribution in [2.45, 2.75) is 13.8 Å². The summed E-state index contributed by atoms with van der Waals surface area (Å²) in [7, 11) is 0. The van der Waals surface area contributed by atoms with Gasteiger partial charge in [0.25, 0.3) is 0 Å². The molecule has 0 unspecified atom stereocenters. The predicted octanol–water partition coefficient (Wildman–Crippen LogP) is 4.09. The number of nitrogens with zero attached hydrogens (tertiary/aromatic N) is 1. The first-order valence-corrected chi connectivity index (χ1v) is 8.22. The maximum atomic E-state index is 13.6. The van der Waals surface area contributed by atoms with Crippen molar-refractivity contribution in [3.05, 3.63) is 59.7 Å². The molecule has 0 aromatic heterocycles. The molecule has 128 valence electrons. The van der Waals surface area contributed by atoms with Crippen molar-refractivity contribution in [3.63, 3.8) is 0 Å². The zero-order valence-electron chi connectivity index (χ0n) is 13.8. The highest BCUT2D eigenvalue weighted by Gasteiger charge is 2.10. The summed E-state index contributed by atoms with van der Waals surface area (Å²) < 4.78 is 27.1. The van der Waals surface area contributed by atoms with Crippen LogP contribution in [-0.4, -0.2) is 24.7 Å². The number of aryl methyl sites for hydroxylation is 1. The molecule has 24 heavy (non-hydrogen) atoms. The lowest BCUT2D eigenvalue weighted by Crippen LogP contribution is -2.37. The molecule has 2 N–H and O–H groups in total. The zero-order chi connectivity index (χ0) is 17.5. The Morgan fingerprint density at radius 1 is 1.08 bits per heavy atom. The van der Waals surface area contributed by atoms with Crippen LogP contribution in [-0.2, 0) is 0 Å². The molecule has 0 bridgehead atoms. The molecule has 0 aliphatic heterocycles. The fraction of sp³-hybridized carbons (Fsp3) is 0.278. The summed E-state index contributed by atoms with van der Waals surface area (Å²) in [4.78, 5) is 2.19. The molecular weight excluding hydrogens is 328 g/mol. The monoisotopic (exact) mass is 349 g/mol. The molecule has 0 saturated carbocycles. The number of likely N-dealkylation sites (N-methyl/N-ethyl adjacent to an activating group) is 1. The Labute approximate surface area is 146 Å². The lowest BCUT2D eigenvalue weighted by atomic mass is 10.2. The van der Waals surface area contributed by atoms with Gasteiger partial charge in [0.05, 0.1) is 0 Å². The van der Waals surface area contributed by atoms with Crippen molar-refractivity contribution in [3.8, 4) is 0 Å². The average molecular weight is 349 g/mol. The summed E-state index contributed by atoms with van der Waals surface area (Å²) in [6.07, 6.45) is 0. The van der Waals surface area contributed by atoms with Crippen LogP contribution in [0.2, 0.25) is 0 Å². The van der Waals surface area contributed by atoms with E-state index in [1.54, 1.807) is 0 Å². The molecule has 6 heteroatoms. The van der Waals surface area contributed by atoms with Gasteiger partial charge in [-0.15, -0.1) is 0 Å². The minimum absolute atomic E-state index is 0.193. The fourth-order valence-corrected chi connectivity index (χ4v) is 2.51. The third kappa shape index (κ3) is 4.89. The normalized spacial score (nSPS) is 10.3. The van der Waals surface area contributed by atoms with Crippen LogP contribution >= 0.6 is 12.2 Å².